The van der Waals surface area contributed by atoms with Gasteiger partial charge in [-0.05, 0) is 42.3 Å². The van der Waals surface area contributed by atoms with Crippen molar-refractivity contribution in [2.75, 3.05) is 7.11 Å². The monoisotopic (exact) mass is 318 g/mol. The summed E-state index contributed by atoms with van der Waals surface area (Å²) in [6, 6.07) is 13.3. The number of methoxy groups -OCH3 is 1. The number of hydrogen-bond acceptors (Lipinski definition) is 2. The third kappa shape index (κ3) is 3.44. The van der Waals surface area contributed by atoms with Gasteiger partial charge >= 0.3 is 0 Å². The summed E-state index contributed by atoms with van der Waals surface area (Å²) in [6.07, 6.45) is 0.409. The summed E-state index contributed by atoms with van der Waals surface area (Å²) < 4.78 is 6.09. The Morgan fingerprint density at radius 2 is 1.84 bits per heavy atom. The molecule has 2 rings (SSSR count). The zero-order valence-corrected chi connectivity index (χ0v) is 12.5. The third-order valence-electron chi connectivity index (χ3n) is 3.01. The van der Waals surface area contributed by atoms with Gasteiger partial charge in [-0.1, -0.05) is 34.1 Å². The van der Waals surface area contributed by atoms with E-state index >= 15 is 0 Å². The summed E-state index contributed by atoms with van der Waals surface area (Å²) in [5, 5.41) is 0. The van der Waals surface area contributed by atoms with E-state index in [4.69, 9.17) is 4.74 Å². The molecule has 0 heterocycles. The van der Waals surface area contributed by atoms with Crippen molar-refractivity contribution in [2.45, 2.75) is 13.3 Å². The van der Waals surface area contributed by atoms with Crippen LogP contribution >= 0.6 is 15.9 Å². The van der Waals surface area contributed by atoms with E-state index in [1.807, 2.05) is 49.4 Å². The van der Waals surface area contributed by atoms with E-state index in [2.05, 4.69) is 15.9 Å². The average Bonchev–Trinajstić information content (AvgIpc) is 2.39. The fourth-order valence-electron chi connectivity index (χ4n) is 1.96. The molecule has 2 aromatic carbocycles. The van der Waals surface area contributed by atoms with Crippen LogP contribution < -0.4 is 4.74 Å². The fraction of sp³-hybridized carbons (Fsp3) is 0.188. The maximum atomic E-state index is 12.3. The van der Waals surface area contributed by atoms with Crippen molar-refractivity contribution in [3.63, 3.8) is 0 Å². The van der Waals surface area contributed by atoms with E-state index in [0.717, 1.165) is 26.9 Å². The highest BCUT2D eigenvalue weighted by Gasteiger charge is 2.10. The van der Waals surface area contributed by atoms with Crippen LogP contribution in [0.1, 0.15) is 21.5 Å². The normalized spacial score (nSPS) is 10.3. The number of hydrogen-bond donors (Lipinski definition) is 0. The average molecular weight is 319 g/mol. The van der Waals surface area contributed by atoms with Crippen LogP contribution in [0.15, 0.2) is 46.9 Å². The first-order valence-electron chi connectivity index (χ1n) is 6.02. The van der Waals surface area contributed by atoms with Crippen LogP contribution in [0.2, 0.25) is 0 Å². The number of aryl methyl sites for hydroxylation is 1. The van der Waals surface area contributed by atoms with E-state index in [9.17, 15) is 4.79 Å². The number of carbonyl (C=O) groups excluding carboxylic acids is 1. The van der Waals surface area contributed by atoms with E-state index in [0.29, 0.717) is 6.42 Å². The van der Waals surface area contributed by atoms with Gasteiger partial charge in [0.2, 0.25) is 0 Å². The van der Waals surface area contributed by atoms with Gasteiger partial charge in [0.25, 0.3) is 0 Å². The van der Waals surface area contributed by atoms with Crippen LogP contribution in [-0.4, -0.2) is 12.9 Å². The molecular formula is C16H15BrO2. The molecule has 0 bridgehead atoms. The van der Waals surface area contributed by atoms with Gasteiger partial charge in [0.1, 0.15) is 5.75 Å². The number of ketones is 1. The molecule has 0 radical (unpaired) electrons. The van der Waals surface area contributed by atoms with Gasteiger partial charge in [0, 0.05) is 16.5 Å². The Hall–Kier alpha value is -1.61. The molecule has 0 amide bonds. The van der Waals surface area contributed by atoms with Crippen molar-refractivity contribution in [3.8, 4) is 5.75 Å². The largest absolute Gasteiger partial charge is 0.497 e. The maximum Gasteiger partial charge on any atom is 0.167 e. The molecule has 2 nitrogen and oxygen atoms in total. The van der Waals surface area contributed by atoms with Gasteiger partial charge in [-0.15, -0.1) is 0 Å². The topological polar surface area (TPSA) is 26.3 Å². The van der Waals surface area contributed by atoms with Gasteiger partial charge < -0.3 is 4.74 Å². The second-order valence-electron chi connectivity index (χ2n) is 4.41. The summed E-state index contributed by atoms with van der Waals surface area (Å²) in [6.45, 7) is 1.95. The smallest absolute Gasteiger partial charge is 0.167 e. The predicted octanol–water partition coefficient (Wildman–Crippen LogP) is 4.19. The number of ether oxygens (including phenoxy) is 1. The minimum absolute atomic E-state index is 0.134. The van der Waals surface area contributed by atoms with E-state index in [1.54, 1.807) is 7.11 Å². The molecule has 98 valence electrons. The molecule has 0 N–H and O–H groups in total. The van der Waals surface area contributed by atoms with Crippen molar-refractivity contribution in [1.29, 1.82) is 0 Å². The molecule has 19 heavy (non-hydrogen) atoms. The summed E-state index contributed by atoms with van der Waals surface area (Å²) in [4.78, 5) is 12.3. The first-order chi connectivity index (χ1) is 9.10. The lowest BCUT2D eigenvalue weighted by Gasteiger charge is -2.06. The van der Waals surface area contributed by atoms with E-state index < -0.39 is 0 Å². The van der Waals surface area contributed by atoms with Crippen molar-refractivity contribution in [3.05, 3.63) is 63.6 Å². The Kier molecular flexibility index (Phi) is 4.38. The third-order valence-corrected chi connectivity index (χ3v) is 3.51. The predicted molar refractivity (Wildman–Crippen MR) is 79.9 cm³/mol. The number of benzene rings is 2. The van der Waals surface area contributed by atoms with E-state index in [-0.39, 0.29) is 5.78 Å². The molecule has 3 heteroatoms. The molecule has 0 aliphatic carbocycles. The second-order valence-corrected chi connectivity index (χ2v) is 5.32. The Morgan fingerprint density at radius 3 is 2.42 bits per heavy atom. The number of halogens is 1. The van der Waals surface area contributed by atoms with Crippen molar-refractivity contribution in [2.24, 2.45) is 0 Å². The fourth-order valence-corrected chi connectivity index (χ4v) is 2.44. The summed E-state index contributed by atoms with van der Waals surface area (Å²) in [5.41, 5.74) is 2.76. The SMILES string of the molecule is COc1ccc(CC(=O)c2ccc(Br)cc2C)cc1. The maximum absolute atomic E-state index is 12.3. The molecule has 0 aliphatic rings. The van der Waals surface area contributed by atoms with Crippen LogP contribution in [0, 0.1) is 6.92 Å². The lowest BCUT2D eigenvalue weighted by atomic mass is 9.99. The van der Waals surface area contributed by atoms with Crippen molar-refractivity contribution < 1.29 is 9.53 Å². The van der Waals surface area contributed by atoms with Crippen molar-refractivity contribution in [1.82, 2.24) is 0 Å². The summed E-state index contributed by atoms with van der Waals surface area (Å²) in [7, 11) is 1.63. The quantitative estimate of drug-likeness (QED) is 0.790. The Balaban J connectivity index is 2.15. The molecule has 0 fully saturated rings. The first kappa shape index (κ1) is 13.8. The lowest BCUT2D eigenvalue weighted by Crippen LogP contribution is -2.05. The zero-order valence-electron chi connectivity index (χ0n) is 10.9. The molecule has 0 aliphatic heterocycles. The number of carbonyl (C=O) groups is 1. The van der Waals surface area contributed by atoms with Gasteiger partial charge in [0.05, 0.1) is 7.11 Å². The molecule has 0 saturated carbocycles. The molecule has 2 aromatic rings. The summed E-state index contributed by atoms with van der Waals surface area (Å²) >= 11 is 3.40. The Morgan fingerprint density at radius 1 is 1.16 bits per heavy atom. The number of rotatable bonds is 4. The van der Waals surface area contributed by atoms with Crippen molar-refractivity contribution >= 4 is 21.7 Å². The molecule has 0 atom stereocenters. The number of Topliss-reactive ketones (excluding diaryl/α,β-unsaturated/α-hetero) is 1. The van der Waals surface area contributed by atoms with Gasteiger partial charge in [-0.25, -0.2) is 0 Å². The van der Waals surface area contributed by atoms with Gasteiger partial charge in [-0.3, -0.25) is 4.79 Å². The zero-order chi connectivity index (χ0) is 13.8. The lowest BCUT2D eigenvalue weighted by molar-refractivity contribution is 0.0992. The first-order valence-corrected chi connectivity index (χ1v) is 6.81. The molecule has 0 spiro atoms. The van der Waals surface area contributed by atoms with Crippen LogP contribution in [0.25, 0.3) is 0 Å². The minimum atomic E-state index is 0.134. The van der Waals surface area contributed by atoms with Gasteiger partial charge in [-0.2, -0.15) is 0 Å². The van der Waals surface area contributed by atoms with Crippen LogP contribution in [0.3, 0.4) is 0 Å². The molecule has 0 unspecified atom stereocenters. The van der Waals surface area contributed by atoms with Crippen LogP contribution in [-0.2, 0) is 6.42 Å². The molecule has 0 aromatic heterocycles. The second kappa shape index (κ2) is 6.02. The van der Waals surface area contributed by atoms with E-state index in [1.165, 1.54) is 0 Å². The molecular weight excluding hydrogens is 304 g/mol. The standard InChI is InChI=1S/C16H15BrO2/c1-11-9-13(17)5-8-15(11)16(18)10-12-3-6-14(19-2)7-4-12/h3-9H,10H2,1-2H3. The Bertz CT molecular complexity index is 588. The molecule has 0 saturated heterocycles. The van der Waals surface area contributed by atoms with Crippen LogP contribution in [0.4, 0.5) is 0 Å². The Labute approximate surface area is 121 Å². The van der Waals surface area contributed by atoms with Gasteiger partial charge in [0.15, 0.2) is 5.78 Å². The highest BCUT2D eigenvalue weighted by molar-refractivity contribution is 9.10. The minimum Gasteiger partial charge on any atom is -0.497 e. The highest BCUT2D eigenvalue weighted by Crippen LogP contribution is 2.18. The highest BCUT2D eigenvalue weighted by atomic mass is 79.9. The summed E-state index contributed by atoms with van der Waals surface area (Å²) in [5.74, 6) is 0.936. The van der Waals surface area contributed by atoms with Crippen LogP contribution in [0.5, 0.6) is 5.75 Å².